The highest BCUT2D eigenvalue weighted by Gasteiger charge is 2.25. The first kappa shape index (κ1) is 14.1. The highest BCUT2D eigenvalue weighted by molar-refractivity contribution is 7.09. The summed E-state index contributed by atoms with van der Waals surface area (Å²) in [5.74, 6) is -0.0659. The van der Waals surface area contributed by atoms with E-state index < -0.39 is 0 Å². The number of carbonyl (C=O) groups excluding carboxylic acids is 1. The van der Waals surface area contributed by atoms with Crippen molar-refractivity contribution >= 4 is 22.9 Å². The Hall–Kier alpha value is -1.86. The van der Waals surface area contributed by atoms with Crippen LogP contribution in [0.5, 0.6) is 0 Å². The molecule has 6 nitrogen and oxygen atoms in total. The molecule has 1 aliphatic rings. The molecule has 2 aromatic heterocycles. The third-order valence-corrected chi connectivity index (χ3v) is 4.54. The van der Waals surface area contributed by atoms with Gasteiger partial charge in [0.05, 0.1) is 5.69 Å². The zero-order chi connectivity index (χ0) is 14.8. The molecule has 1 aliphatic heterocycles. The topological polar surface area (TPSA) is 67.4 Å². The number of amides is 1. The number of nitrogens with zero attached hydrogens (tertiary/aromatic N) is 4. The first-order valence-corrected chi connectivity index (χ1v) is 7.84. The fourth-order valence-electron chi connectivity index (χ4n) is 2.55. The van der Waals surface area contributed by atoms with Crippen LogP contribution in [0.15, 0.2) is 23.7 Å². The fraction of sp³-hybridized carbons (Fsp3) is 0.429. The summed E-state index contributed by atoms with van der Waals surface area (Å²) in [6.45, 7) is 4.18. The van der Waals surface area contributed by atoms with Gasteiger partial charge in [-0.25, -0.2) is 0 Å². The first-order chi connectivity index (χ1) is 10.1. The monoisotopic (exact) mass is 305 g/mol. The normalized spacial score (nSPS) is 16.3. The lowest BCUT2D eigenvalue weighted by molar-refractivity contribution is 0.0624. The zero-order valence-corrected chi connectivity index (χ0v) is 12.8. The van der Waals surface area contributed by atoms with Crippen LogP contribution in [0.4, 0.5) is 5.69 Å². The third-order valence-electron chi connectivity index (χ3n) is 3.68. The van der Waals surface area contributed by atoms with Gasteiger partial charge in [-0.15, -0.1) is 11.3 Å². The van der Waals surface area contributed by atoms with Crippen molar-refractivity contribution in [3.8, 4) is 0 Å². The van der Waals surface area contributed by atoms with E-state index in [0.29, 0.717) is 11.4 Å². The second-order valence-electron chi connectivity index (χ2n) is 5.25. The van der Waals surface area contributed by atoms with Gasteiger partial charge in [-0.3, -0.25) is 14.4 Å². The van der Waals surface area contributed by atoms with Gasteiger partial charge >= 0.3 is 0 Å². The Balaban J connectivity index is 1.58. The summed E-state index contributed by atoms with van der Waals surface area (Å²) in [5.41, 5.74) is 6.64. The van der Waals surface area contributed by atoms with Crippen LogP contribution in [-0.4, -0.2) is 51.7 Å². The van der Waals surface area contributed by atoms with E-state index in [4.69, 9.17) is 5.73 Å². The van der Waals surface area contributed by atoms with Crippen LogP contribution < -0.4 is 5.73 Å². The molecule has 2 aromatic rings. The van der Waals surface area contributed by atoms with Crippen molar-refractivity contribution in [2.24, 2.45) is 7.05 Å². The van der Waals surface area contributed by atoms with Gasteiger partial charge in [0.1, 0.15) is 0 Å². The van der Waals surface area contributed by atoms with E-state index in [0.717, 1.165) is 32.7 Å². The molecule has 0 spiro atoms. The predicted octanol–water partition coefficient (Wildman–Crippen LogP) is 1.02. The Morgan fingerprint density at radius 3 is 2.71 bits per heavy atom. The molecule has 0 unspecified atom stereocenters. The second-order valence-corrected chi connectivity index (χ2v) is 6.29. The number of nitrogens with two attached hydrogens (primary N) is 1. The van der Waals surface area contributed by atoms with Crippen molar-refractivity contribution in [1.29, 1.82) is 0 Å². The lowest BCUT2D eigenvalue weighted by Gasteiger charge is -2.34. The number of nitrogen functional groups attached to an aromatic ring is 1. The smallest absolute Gasteiger partial charge is 0.276 e. The fourth-order valence-corrected chi connectivity index (χ4v) is 3.30. The molecule has 3 heterocycles. The van der Waals surface area contributed by atoms with Crippen LogP contribution in [0.1, 0.15) is 15.4 Å². The maximum Gasteiger partial charge on any atom is 0.276 e. The van der Waals surface area contributed by atoms with Gasteiger partial charge in [-0.05, 0) is 11.4 Å². The summed E-state index contributed by atoms with van der Waals surface area (Å²) >= 11 is 1.77. The molecular formula is C14H19N5OS. The third kappa shape index (κ3) is 3.08. The lowest BCUT2D eigenvalue weighted by Crippen LogP contribution is -2.48. The molecule has 7 heteroatoms. The van der Waals surface area contributed by atoms with Crippen molar-refractivity contribution in [3.05, 3.63) is 34.3 Å². The van der Waals surface area contributed by atoms with Crippen molar-refractivity contribution in [1.82, 2.24) is 19.6 Å². The van der Waals surface area contributed by atoms with E-state index in [9.17, 15) is 4.79 Å². The van der Waals surface area contributed by atoms with Crippen LogP contribution in [-0.2, 0) is 13.6 Å². The van der Waals surface area contributed by atoms with Gasteiger partial charge in [0, 0.05) is 50.8 Å². The maximum atomic E-state index is 12.4. The van der Waals surface area contributed by atoms with Gasteiger partial charge in [-0.2, -0.15) is 5.10 Å². The van der Waals surface area contributed by atoms with Crippen LogP contribution in [0, 0.1) is 0 Å². The molecule has 0 aliphatic carbocycles. The minimum absolute atomic E-state index is 0.0659. The standard InChI is InChI=1S/C14H19N5OS/c1-17-10-12(15)13(16-17)14(20)19-6-4-18(5-7-19)9-11-3-2-8-21-11/h2-3,8,10H,4-7,9,15H2,1H3. The molecule has 0 saturated carbocycles. The molecule has 0 aromatic carbocycles. The van der Waals surface area contributed by atoms with E-state index in [1.165, 1.54) is 4.88 Å². The minimum atomic E-state index is -0.0659. The summed E-state index contributed by atoms with van der Waals surface area (Å²) < 4.78 is 1.58. The molecule has 112 valence electrons. The number of thiophene rings is 1. The molecule has 0 atom stereocenters. The van der Waals surface area contributed by atoms with Crippen LogP contribution in [0.25, 0.3) is 0 Å². The van der Waals surface area contributed by atoms with E-state index in [1.807, 2.05) is 4.90 Å². The number of hydrogen-bond donors (Lipinski definition) is 1. The summed E-state index contributed by atoms with van der Waals surface area (Å²) in [4.78, 5) is 18.0. The summed E-state index contributed by atoms with van der Waals surface area (Å²) in [5, 5.41) is 6.25. The highest BCUT2D eigenvalue weighted by Crippen LogP contribution is 2.16. The predicted molar refractivity (Wildman–Crippen MR) is 83.1 cm³/mol. The SMILES string of the molecule is Cn1cc(N)c(C(=O)N2CCN(Cc3cccs3)CC2)n1. The van der Waals surface area contributed by atoms with Crippen LogP contribution in [0.3, 0.4) is 0 Å². The van der Waals surface area contributed by atoms with Crippen LogP contribution in [0.2, 0.25) is 0 Å². The van der Waals surface area contributed by atoms with E-state index in [2.05, 4.69) is 27.5 Å². The molecule has 3 rings (SSSR count). The maximum absolute atomic E-state index is 12.4. The number of aromatic nitrogens is 2. The number of carbonyl (C=O) groups is 1. The summed E-state index contributed by atoms with van der Waals surface area (Å²) in [6, 6.07) is 4.22. The van der Waals surface area contributed by atoms with Gasteiger partial charge in [0.15, 0.2) is 5.69 Å². The van der Waals surface area contributed by atoms with Gasteiger partial charge in [-0.1, -0.05) is 6.07 Å². The molecule has 1 saturated heterocycles. The Kier molecular flexibility index (Phi) is 3.94. The Labute approximate surface area is 127 Å². The van der Waals surface area contributed by atoms with Crippen LogP contribution >= 0.6 is 11.3 Å². The number of hydrogen-bond acceptors (Lipinski definition) is 5. The summed E-state index contributed by atoms with van der Waals surface area (Å²) in [7, 11) is 1.77. The van der Waals surface area contributed by atoms with Crippen molar-refractivity contribution in [3.63, 3.8) is 0 Å². The van der Waals surface area contributed by atoms with Crippen molar-refractivity contribution in [2.75, 3.05) is 31.9 Å². The molecule has 1 amide bonds. The molecule has 2 N–H and O–H groups in total. The van der Waals surface area contributed by atoms with Gasteiger partial charge in [0.25, 0.3) is 5.91 Å². The molecule has 1 fully saturated rings. The number of anilines is 1. The van der Waals surface area contributed by atoms with Gasteiger partial charge in [0.2, 0.25) is 0 Å². The molecule has 0 bridgehead atoms. The first-order valence-electron chi connectivity index (χ1n) is 6.96. The van der Waals surface area contributed by atoms with Crippen molar-refractivity contribution in [2.45, 2.75) is 6.54 Å². The molecule has 21 heavy (non-hydrogen) atoms. The number of rotatable bonds is 3. The lowest BCUT2D eigenvalue weighted by atomic mass is 10.2. The highest BCUT2D eigenvalue weighted by atomic mass is 32.1. The number of aryl methyl sites for hydroxylation is 1. The van der Waals surface area contributed by atoms with E-state index >= 15 is 0 Å². The Bertz CT molecular complexity index is 613. The quantitative estimate of drug-likeness (QED) is 0.919. The zero-order valence-electron chi connectivity index (χ0n) is 12.0. The average Bonchev–Trinajstić information content (AvgIpc) is 3.08. The minimum Gasteiger partial charge on any atom is -0.396 e. The Morgan fingerprint density at radius 1 is 1.38 bits per heavy atom. The van der Waals surface area contributed by atoms with Gasteiger partial charge < -0.3 is 10.6 Å². The largest absolute Gasteiger partial charge is 0.396 e. The average molecular weight is 305 g/mol. The number of piperazine rings is 1. The molecular weight excluding hydrogens is 286 g/mol. The molecule has 0 radical (unpaired) electrons. The van der Waals surface area contributed by atoms with E-state index in [1.54, 1.807) is 29.3 Å². The van der Waals surface area contributed by atoms with Crippen molar-refractivity contribution < 1.29 is 4.79 Å². The summed E-state index contributed by atoms with van der Waals surface area (Å²) in [6.07, 6.45) is 1.67. The second kappa shape index (κ2) is 5.87. The van der Waals surface area contributed by atoms with E-state index in [-0.39, 0.29) is 5.91 Å². The Morgan fingerprint density at radius 2 is 2.14 bits per heavy atom.